The van der Waals surface area contributed by atoms with E-state index in [0.717, 1.165) is 11.1 Å². The number of amides is 2. The molecule has 0 heterocycles. The third-order valence-electron chi connectivity index (χ3n) is 3.70. The summed E-state index contributed by atoms with van der Waals surface area (Å²) in [6, 6.07) is 18.3. The molecule has 24 heavy (non-hydrogen) atoms. The molecule has 0 aliphatic heterocycles. The van der Waals surface area contributed by atoms with Gasteiger partial charge in [-0.05, 0) is 30.2 Å². The topological polar surface area (TPSA) is 32.3 Å². The molecule has 0 saturated heterocycles. The summed E-state index contributed by atoms with van der Waals surface area (Å²) in [4.78, 5) is 15.3. The van der Waals surface area contributed by atoms with Gasteiger partial charge in [-0.25, -0.2) is 4.79 Å². The molecular weight excluding hydrogens is 316 g/mol. The molecule has 0 bridgehead atoms. The number of hydrogen-bond acceptors (Lipinski definition) is 2. The molecule has 0 aliphatic carbocycles. The zero-order valence-electron chi connectivity index (χ0n) is 14.8. The molecule has 2 aromatic rings. The number of nitrogens with one attached hydrogen (secondary N) is 1. The Hall–Kier alpha value is -1.94. The quantitative estimate of drug-likeness (QED) is 0.742. The highest BCUT2D eigenvalue weighted by Gasteiger charge is 2.13. The van der Waals surface area contributed by atoms with Crippen LogP contribution in [0.4, 0.5) is 4.79 Å². The van der Waals surface area contributed by atoms with Crippen LogP contribution in [-0.2, 0) is 6.54 Å². The van der Waals surface area contributed by atoms with E-state index in [9.17, 15) is 4.79 Å². The summed E-state index contributed by atoms with van der Waals surface area (Å²) < 4.78 is 0. The predicted molar refractivity (Wildman–Crippen MR) is 102 cm³/mol. The van der Waals surface area contributed by atoms with Crippen molar-refractivity contribution in [2.75, 3.05) is 7.05 Å². The number of nitrogens with zero attached hydrogens (tertiary/aromatic N) is 1. The third-order valence-corrected chi connectivity index (χ3v) is 4.72. The van der Waals surface area contributed by atoms with Gasteiger partial charge in [-0.2, -0.15) is 0 Å². The number of thioether (sulfide) groups is 1. The van der Waals surface area contributed by atoms with Gasteiger partial charge in [0.25, 0.3) is 0 Å². The number of benzene rings is 2. The molecule has 0 aliphatic rings. The first-order chi connectivity index (χ1) is 11.5. The van der Waals surface area contributed by atoms with Crippen LogP contribution in [0.1, 0.15) is 37.9 Å². The summed E-state index contributed by atoms with van der Waals surface area (Å²) in [7, 11) is 1.82. The first-order valence-corrected chi connectivity index (χ1v) is 9.16. The lowest BCUT2D eigenvalue weighted by Gasteiger charge is -2.22. The molecule has 3 nitrogen and oxygen atoms in total. The molecule has 1 unspecified atom stereocenters. The lowest BCUT2D eigenvalue weighted by molar-refractivity contribution is 0.203. The van der Waals surface area contributed by atoms with Crippen LogP contribution in [0.3, 0.4) is 0 Å². The van der Waals surface area contributed by atoms with Crippen LogP contribution in [0.15, 0.2) is 59.5 Å². The summed E-state index contributed by atoms with van der Waals surface area (Å²) in [6.45, 7) is 6.98. The zero-order chi connectivity index (χ0) is 17.5. The fourth-order valence-electron chi connectivity index (χ4n) is 2.42. The van der Waals surface area contributed by atoms with Crippen molar-refractivity contribution in [3.05, 3.63) is 65.7 Å². The molecule has 2 rings (SSSR count). The van der Waals surface area contributed by atoms with Crippen molar-refractivity contribution in [3.8, 4) is 0 Å². The minimum absolute atomic E-state index is 0.0196. The van der Waals surface area contributed by atoms with Gasteiger partial charge in [-0.15, -0.1) is 11.8 Å². The van der Waals surface area contributed by atoms with E-state index in [1.165, 1.54) is 4.90 Å². The van der Waals surface area contributed by atoms with Gasteiger partial charge in [-0.3, -0.25) is 0 Å². The van der Waals surface area contributed by atoms with E-state index < -0.39 is 0 Å². The third kappa shape index (κ3) is 5.60. The molecule has 0 radical (unpaired) electrons. The fourth-order valence-corrected chi connectivity index (χ4v) is 3.25. The average molecular weight is 343 g/mol. The molecule has 1 N–H and O–H groups in total. The van der Waals surface area contributed by atoms with Gasteiger partial charge in [0.1, 0.15) is 0 Å². The summed E-state index contributed by atoms with van der Waals surface area (Å²) >= 11 is 1.84. The first kappa shape index (κ1) is 18.4. The van der Waals surface area contributed by atoms with Gasteiger partial charge < -0.3 is 10.2 Å². The van der Waals surface area contributed by atoms with Crippen LogP contribution in [0, 0.1) is 0 Å². The summed E-state index contributed by atoms with van der Waals surface area (Å²) in [5, 5.41) is 3.63. The Labute approximate surface area is 149 Å². The number of carbonyl (C=O) groups excluding carboxylic acids is 1. The summed E-state index contributed by atoms with van der Waals surface area (Å²) in [6.07, 6.45) is 0. The molecule has 128 valence electrons. The van der Waals surface area contributed by atoms with Crippen LogP contribution < -0.4 is 5.32 Å². The molecular formula is C20H26N2OS. The Balaban J connectivity index is 1.90. The highest BCUT2D eigenvalue weighted by molar-refractivity contribution is 7.99. The fraction of sp³-hybridized carbons (Fsp3) is 0.350. The Bertz CT molecular complexity index is 640. The van der Waals surface area contributed by atoms with E-state index in [1.807, 2.05) is 56.1 Å². The van der Waals surface area contributed by atoms with Crippen LogP contribution in [0.2, 0.25) is 0 Å². The van der Waals surface area contributed by atoms with E-state index in [2.05, 4.69) is 43.4 Å². The van der Waals surface area contributed by atoms with Gasteiger partial charge in [0.2, 0.25) is 0 Å². The minimum Gasteiger partial charge on any atom is -0.331 e. The number of urea groups is 1. The highest BCUT2D eigenvalue weighted by atomic mass is 32.2. The minimum atomic E-state index is -0.0630. The molecule has 1 atom stereocenters. The molecule has 4 heteroatoms. The van der Waals surface area contributed by atoms with Crippen LogP contribution >= 0.6 is 11.8 Å². The van der Waals surface area contributed by atoms with E-state index in [1.54, 1.807) is 4.90 Å². The predicted octanol–water partition coefficient (Wildman–Crippen LogP) is 5.09. The van der Waals surface area contributed by atoms with Crippen LogP contribution in [-0.4, -0.2) is 23.2 Å². The second-order valence-corrected chi connectivity index (χ2v) is 7.90. The summed E-state index contributed by atoms with van der Waals surface area (Å²) in [5.41, 5.74) is 2.24. The molecule has 0 aromatic heterocycles. The number of rotatable bonds is 6. The van der Waals surface area contributed by atoms with E-state index in [4.69, 9.17) is 0 Å². The Morgan fingerprint density at radius 3 is 2.25 bits per heavy atom. The summed E-state index contributed by atoms with van der Waals surface area (Å²) in [5.74, 6) is 0. The van der Waals surface area contributed by atoms with Crippen molar-refractivity contribution in [1.82, 2.24) is 10.2 Å². The van der Waals surface area contributed by atoms with Gasteiger partial charge in [0.05, 0.1) is 6.04 Å². The van der Waals surface area contributed by atoms with E-state index >= 15 is 0 Å². The zero-order valence-corrected chi connectivity index (χ0v) is 15.6. The van der Waals surface area contributed by atoms with E-state index in [-0.39, 0.29) is 12.1 Å². The Morgan fingerprint density at radius 1 is 1.04 bits per heavy atom. The molecule has 0 spiro atoms. The van der Waals surface area contributed by atoms with Crippen LogP contribution in [0.25, 0.3) is 0 Å². The molecule has 2 amide bonds. The molecule has 2 aromatic carbocycles. The first-order valence-electron chi connectivity index (χ1n) is 8.28. The largest absolute Gasteiger partial charge is 0.331 e. The average Bonchev–Trinajstić information content (AvgIpc) is 2.55. The van der Waals surface area contributed by atoms with Crippen LogP contribution in [0.5, 0.6) is 0 Å². The number of hydrogen-bond donors (Lipinski definition) is 1. The lowest BCUT2D eigenvalue weighted by Crippen LogP contribution is -2.38. The van der Waals surface area contributed by atoms with Crippen molar-refractivity contribution in [1.29, 1.82) is 0 Å². The smallest absolute Gasteiger partial charge is 0.317 e. The maximum Gasteiger partial charge on any atom is 0.317 e. The van der Waals surface area contributed by atoms with Crippen molar-refractivity contribution in [2.45, 2.75) is 43.5 Å². The van der Waals surface area contributed by atoms with Gasteiger partial charge in [0, 0.05) is 23.7 Å². The van der Waals surface area contributed by atoms with E-state index in [0.29, 0.717) is 11.8 Å². The molecule has 0 fully saturated rings. The van der Waals surface area contributed by atoms with Gasteiger partial charge in [-0.1, -0.05) is 56.3 Å². The van der Waals surface area contributed by atoms with Crippen molar-refractivity contribution in [2.24, 2.45) is 0 Å². The monoisotopic (exact) mass is 342 g/mol. The van der Waals surface area contributed by atoms with Gasteiger partial charge >= 0.3 is 6.03 Å². The second kappa shape index (κ2) is 8.78. The highest BCUT2D eigenvalue weighted by Crippen LogP contribution is 2.24. The van der Waals surface area contributed by atoms with Crippen molar-refractivity contribution >= 4 is 17.8 Å². The van der Waals surface area contributed by atoms with Crippen molar-refractivity contribution < 1.29 is 4.79 Å². The lowest BCUT2D eigenvalue weighted by atomic mass is 10.1. The van der Waals surface area contributed by atoms with Gasteiger partial charge in [0.15, 0.2) is 0 Å². The van der Waals surface area contributed by atoms with Crippen molar-refractivity contribution in [3.63, 3.8) is 0 Å². The maximum absolute atomic E-state index is 12.4. The number of carbonyl (C=O) groups is 1. The Kier molecular flexibility index (Phi) is 6.73. The Morgan fingerprint density at radius 2 is 1.67 bits per heavy atom. The molecule has 0 saturated carbocycles. The second-order valence-electron chi connectivity index (χ2n) is 6.25. The SMILES string of the molecule is CC(C)Sc1ccc(C(C)NC(=O)N(C)Cc2ccccc2)cc1. The standard InChI is InChI=1S/C20H26N2OS/c1-15(2)24-19-12-10-18(11-13-19)16(3)21-20(23)22(4)14-17-8-6-5-7-9-17/h5-13,15-16H,14H2,1-4H3,(H,21,23). The maximum atomic E-state index is 12.4. The normalized spacial score (nSPS) is 12.0.